The molecule has 1 saturated heterocycles. The average Bonchev–Trinajstić information content (AvgIpc) is 3.19. The highest BCUT2D eigenvalue weighted by Gasteiger charge is 2.35. The number of piperidine rings is 1. The number of alkyl halides is 2. The lowest BCUT2D eigenvalue weighted by Gasteiger charge is -2.31. The molecule has 0 radical (unpaired) electrons. The predicted octanol–water partition coefficient (Wildman–Crippen LogP) is 4.05. The van der Waals surface area contributed by atoms with Crippen molar-refractivity contribution in [2.24, 2.45) is 0 Å². The Hall–Kier alpha value is -3.04. The van der Waals surface area contributed by atoms with Gasteiger partial charge in [-0.1, -0.05) is 11.6 Å². The first-order valence-corrected chi connectivity index (χ1v) is 11.3. The van der Waals surface area contributed by atoms with Gasteiger partial charge in [-0.25, -0.2) is 13.8 Å². The van der Waals surface area contributed by atoms with Crippen molar-refractivity contribution in [3.05, 3.63) is 58.9 Å². The molecule has 0 saturated carbocycles. The van der Waals surface area contributed by atoms with Gasteiger partial charge in [0.15, 0.2) is 0 Å². The van der Waals surface area contributed by atoms with E-state index in [0.717, 1.165) is 0 Å². The van der Waals surface area contributed by atoms with Crippen molar-refractivity contribution in [3.8, 4) is 5.69 Å². The number of carbonyl (C=O) groups excluding carboxylic acids is 2. The number of aliphatic hydroxyl groups is 1. The molecule has 34 heavy (non-hydrogen) atoms. The molecule has 0 unspecified atom stereocenters. The van der Waals surface area contributed by atoms with Gasteiger partial charge >= 0.3 is 0 Å². The Bertz CT molecular complexity index is 1240. The van der Waals surface area contributed by atoms with Crippen LogP contribution in [0.2, 0.25) is 5.02 Å². The minimum absolute atomic E-state index is 0.00566. The van der Waals surface area contributed by atoms with Crippen molar-refractivity contribution < 1.29 is 23.5 Å². The number of hydrogen-bond donors (Lipinski definition) is 2. The molecule has 1 aromatic carbocycles. The first-order valence-electron chi connectivity index (χ1n) is 10.9. The summed E-state index contributed by atoms with van der Waals surface area (Å²) < 4.78 is 28.6. The van der Waals surface area contributed by atoms with Crippen LogP contribution in [0.1, 0.15) is 47.4 Å². The molecule has 1 fully saturated rings. The molecule has 1 aliphatic rings. The van der Waals surface area contributed by atoms with Crippen molar-refractivity contribution in [1.82, 2.24) is 19.8 Å². The summed E-state index contributed by atoms with van der Waals surface area (Å²) in [7, 11) is 0. The molecule has 0 bridgehead atoms. The van der Waals surface area contributed by atoms with Crippen molar-refractivity contribution in [1.29, 1.82) is 0 Å². The Labute approximate surface area is 200 Å². The highest BCUT2D eigenvalue weighted by atomic mass is 35.5. The SMILES string of the molecule is CC(C)(O)CNC(=O)c1cc(Cl)cc(-n2ccc3cc(C(=O)N4CCC(F)(F)CC4)cnc32)c1. The van der Waals surface area contributed by atoms with E-state index in [2.05, 4.69) is 10.3 Å². The molecule has 3 heterocycles. The molecule has 7 nitrogen and oxygen atoms in total. The lowest BCUT2D eigenvalue weighted by molar-refractivity contribution is -0.0494. The largest absolute Gasteiger partial charge is 0.389 e. The molecule has 3 aromatic rings. The Balaban J connectivity index is 1.58. The molecule has 2 amide bonds. The number of likely N-dealkylation sites (tertiary alicyclic amines) is 1. The quantitative estimate of drug-likeness (QED) is 0.565. The zero-order valence-corrected chi connectivity index (χ0v) is 19.6. The average molecular weight is 491 g/mol. The second-order valence-electron chi connectivity index (χ2n) is 9.16. The van der Waals surface area contributed by atoms with Crippen LogP contribution in [0, 0.1) is 0 Å². The van der Waals surface area contributed by atoms with Crippen LogP contribution in [0.5, 0.6) is 0 Å². The number of nitrogens with one attached hydrogen (secondary N) is 1. The number of hydrogen-bond acceptors (Lipinski definition) is 4. The van der Waals surface area contributed by atoms with Crippen molar-refractivity contribution in [2.75, 3.05) is 19.6 Å². The lowest BCUT2D eigenvalue weighted by atomic mass is 10.1. The first kappa shape index (κ1) is 24.1. The zero-order chi connectivity index (χ0) is 24.7. The van der Waals surface area contributed by atoms with Crippen LogP contribution in [-0.2, 0) is 0 Å². The summed E-state index contributed by atoms with van der Waals surface area (Å²) in [5.41, 5.74) is 0.741. The number of nitrogens with zero attached hydrogens (tertiary/aromatic N) is 3. The van der Waals surface area contributed by atoms with E-state index >= 15 is 0 Å². The number of halogens is 3. The maximum absolute atomic E-state index is 13.4. The third kappa shape index (κ3) is 5.37. The Morgan fingerprint density at radius 1 is 1.18 bits per heavy atom. The summed E-state index contributed by atoms with van der Waals surface area (Å²) in [4.78, 5) is 31.2. The molecule has 180 valence electrons. The fourth-order valence-electron chi connectivity index (χ4n) is 3.81. The molecule has 4 rings (SSSR count). The third-order valence-corrected chi connectivity index (χ3v) is 5.88. The molecule has 2 N–H and O–H groups in total. The van der Waals surface area contributed by atoms with E-state index in [0.29, 0.717) is 32.9 Å². The van der Waals surface area contributed by atoms with Crippen LogP contribution in [0.3, 0.4) is 0 Å². The Kier molecular flexibility index (Phi) is 6.35. The summed E-state index contributed by atoms with van der Waals surface area (Å²) in [5, 5.41) is 13.5. The van der Waals surface area contributed by atoms with E-state index < -0.39 is 11.5 Å². The minimum Gasteiger partial charge on any atom is -0.389 e. The van der Waals surface area contributed by atoms with E-state index in [-0.39, 0.29) is 44.3 Å². The van der Waals surface area contributed by atoms with Crippen molar-refractivity contribution in [3.63, 3.8) is 0 Å². The standard InChI is InChI=1S/C24H25ClF2N4O3/c1-23(2,34)14-29-21(32)16-10-18(25)12-19(11-16)31-6-3-15-9-17(13-28-20(15)31)22(33)30-7-4-24(26,27)5-8-30/h3,6,9-13,34H,4-5,7-8,14H2,1-2H3,(H,29,32). The number of aromatic nitrogens is 2. The zero-order valence-electron chi connectivity index (χ0n) is 18.8. The lowest BCUT2D eigenvalue weighted by Crippen LogP contribution is -2.42. The highest BCUT2D eigenvalue weighted by molar-refractivity contribution is 6.31. The number of fused-ring (bicyclic) bond motifs is 1. The van der Waals surface area contributed by atoms with E-state index in [4.69, 9.17) is 11.6 Å². The molecule has 0 atom stereocenters. The van der Waals surface area contributed by atoms with E-state index in [1.54, 1.807) is 48.9 Å². The predicted molar refractivity (Wildman–Crippen MR) is 125 cm³/mol. The van der Waals surface area contributed by atoms with Gasteiger partial charge in [-0.3, -0.25) is 9.59 Å². The van der Waals surface area contributed by atoms with E-state index in [1.165, 1.54) is 17.2 Å². The van der Waals surface area contributed by atoms with Gasteiger partial charge in [0.2, 0.25) is 0 Å². The molecule has 0 aliphatic carbocycles. The topological polar surface area (TPSA) is 87.5 Å². The van der Waals surface area contributed by atoms with Crippen LogP contribution in [0.25, 0.3) is 16.7 Å². The summed E-state index contributed by atoms with van der Waals surface area (Å²) in [6.07, 6.45) is 2.49. The fraction of sp³-hybridized carbons (Fsp3) is 0.375. The van der Waals surface area contributed by atoms with Crippen LogP contribution >= 0.6 is 11.6 Å². The third-order valence-electron chi connectivity index (χ3n) is 5.66. The smallest absolute Gasteiger partial charge is 0.255 e. The van der Waals surface area contributed by atoms with E-state index in [1.807, 2.05) is 0 Å². The van der Waals surface area contributed by atoms with Gasteiger partial charge in [0.05, 0.1) is 11.2 Å². The number of benzene rings is 1. The fourth-order valence-corrected chi connectivity index (χ4v) is 4.04. The maximum atomic E-state index is 13.4. The molecule has 2 aromatic heterocycles. The van der Waals surface area contributed by atoms with Crippen LogP contribution in [0.4, 0.5) is 8.78 Å². The number of rotatable bonds is 5. The second kappa shape index (κ2) is 8.96. The molecule has 10 heteroatoms. The van der Waals surface area contributed by atoms with Crippen LogP contribution < -0.4 is 5.32 Å². The summed E-state index contributed by atoms with van der Waals surface area (Å²) >= 11 is 6.26. The molecule has 1 aliphatic heterocycles. The molecular weight excluding hydrogens is 466 g/mol. The number of amides is 2. The van der Waals surface area contributed by atoms with Gasteiger partial charge in [0.25, 0.3) is 17.7 Å². The van der Waals surface area contributed by atoms with Gasteiger partial charge < -0.3 is 19.9 Å². The summed E-state index contributed by atoms with van der Waals surface area (Å²) in [6.45, 7) is 3.27. The first-order chi connectivity index (χ1) is 15.9. The monoisotopic (exact) mass is 490 g/mol. The second-order valence-corrected chi connectivity index (χ2v) is 9.60. The van der Waals surface area contributed by atoms with Gasteiger partial charge in [0, 0.05) is 66.5 Å². The van der Waals surface area contributed by atoms with Gasteiger partial charge in [-0.2, -0.15) is 0 Å². The number of pyridine rings is 1. The van der Waals surface area contributed by atoms with Crippen LogP contribution in [0.15, 0.2) is 42.7 Å². The summed E-state index contributed by atoms with van der Waals surface area (Å²) in [5.74, 6) is -3.43. The summed E-state index contributed by atoms with van der Waals surface area (Å²) in [6, 6.07) is 8.32. The highest BCUT2D eigenvalue weighted by Crippen LogP contribution is 2.29. The minimum atomic E-state index is -2.72. The van der Waals surface area contributed by atoms with Crippen molar-refractivity contribution >= 4 is 34.4 Å². The van der Waals surface area contributed by atoms with E-state index in [9.17, 15) is 23.5 Å². The van der Waals surface area contributed by atoms with Gasteiger partial charge in [0.1, 0.15) is 5.65 Å². The molecule has 0 spiro atoms. The maximum Gasteiger partial charge on any atom is 0.255 e. The van der Waals surface area contributed by atoms with Crippen molar-refractivity contribution in [2.45, 2.75) is 38.2 Å². The molecular formula is C24H25ClF2N4O3. The van der Waals surface area contributed by atoms with Gasteiger partial charge in [-0.15, -0.1) is 0 Å². The Morgan fingerprint density at radius 2 is 1.88 bits per heavy atom. The van der Waals surface area contributed by atoms with Gasteiger partial charge in [-0.05, 0) is 44.2 Å². The Morgan fingerprint density at radius 3 is 2.56 bits per heavy atom. The normalized spacial score (nSPS) is 16.0. The van der Waals surface area contributed by atoms with Crippen LogP contribution in [-0.4, -0.2) is 62.5 Å². The number of carbonyl (C=O) groups is 2.